The van der Waals surface area contributed by atoms with Crippen molar-refractivity contribution in [2.45, 2.75) is 58.4 Å². The van der Waals surface area contributed by atoms with Gasteiger partial charge in [0.1, 0.15) is 0 Å². The second-order valence-electron chi connectivity index (χ2n) is 5.23. The molecule has 2 rings (SSSR count). The van der Waals surface area contributed by atoms with E-state index in [1.165, 1.54) is 19.3 Å². The number of aromatic nitrogens is 1. The monoisotopic (exact) mass is 282 g/mol. The van der Waals surface area contributed by atoms with Crippen LogP contribution in [-0.4, -0.2) is 28.6 Å². The molecule has 106 valence electrons. The van der Waals surface area contributed by atoms with Crippen molar-refractivity contribution in [2.75, 3.05) is 11.4 Å². The molecule has 0 spiro atoms. The number of aryl methyl sites for hydroxylation is 1. The molecule has 1 unspecified atom stereocenters. The Labute approximate surface area is 118 Å². The summed E-state index contributed by atoms with van der Waals surface area (Å²) < 4.78 is 0. The molecule has 1 aliphatic heterocycles. The molecule has 1 aliphatic rings. The number of anilines is 1. The molecule has 4 nitrogen and oxygen atoms in total. The van der Waals surface area contributed by atoms with Crippen LogP contribution in [0.4, 0.5) is 5.13 Å². The summed E-state index contributed by atoms with van der Waals surface area (Å²) in [6, 6.07) is 0.520. The molecule has 1 aromatic rings. The first kappa shape index (κ1) is 14.3. The SMILES string of the molecule is CCCc1nc(N2CCCCC2C)sc1CC(=O)O. The Morgan fingerprint density at radius 2 is 2.32 bits per heavy atom. The molecule has 0 bridgehead atoms. The number of hydrogen-bond donors (Lipinski definition) is 1. The fraction of sp³-hybridized carbons (Fsp3) is 0.714. The lowest BCUT2D eigenvalue weighted by Gasteiger charge is -2.33. The van der Waals surface area contributed by atoms with Crippen LogP contribution in [0.15, 0.2) is 0 Å². The van der Waals surface area contributed by atoms with E-state index in [2.05, 4.69) is 18.7 Å². The van der Waals surface area contributed by atoms with Gasteiger partial charge in [0.15, 0.2) is 5.13 Å². The van der Waals surface area contributed by atoms with Gasteiger partial charge in [-0.2, -0.15) is 0 Å². The molecule has 2 heterocycles. The maximum Gasteiger partial charge on any atom is 0.308 e. The summed E-state index contributed by atoms with van der Waals surface area (Å²) >= 11 is 1.57. The lowest BCUT2D eigenvalue weighted by Crippen LogP contribution is -2.37. The van der Waals surface area contributed by atoms with E-state index in [9.17, 15) is 4.79 Å². The first-order valence-electron chi connectivity index (χ1n) is 7.08. The van der Waals surface area contributed by atoms with Crippen molar-refractivity contribution in [2.24, 2.45) is 0 Å². The van der Waals surface area contributed by atoms with Gasteiger partial charge in [0.05, 0.1) is 12.1 Å². The highest BCUT2D eigenvalue weighted by Gasteiger charge is 2.23. The first-order valence-corrected chi connectivity index (χ1v) is 7.90. The van der Waals surface area contributed by atoms with Crippen LogP contribution in [0, 0.1) is 0 Å². The van der Waals surface area contributed by atoms with Crippen LogP contribution in [-0.2, 0) is 17.6 Å². The van der Waals surface area contributed by atoms with Crippen LogP contribution >= 0.6 is 11.3 Å². The molecule has 1 aromatic heterocycles. The number of aliphatic carboxylic acids is 1. The van der Waals surface area contributed by atoms with E-state index in [-0.39, 0.29) is 6.42 Å². The van der Waals surface area contributed by atoms with Gasteiger partial charge in [-0.25, -0.2) is 4.98 Å². The maximum atomic E-state index is 10.9. The van der Waals surface area contributed by atoms with E-state index < -0.39 is 5.97 Å². The van der Waals surface area contributed by atoms with Crippen LogP contribution in [0.3, 0.4) is 0 Å². The van der Waals surface area contributed by atoms with Gasteiger partial charge in [-0.3, -0.25) is 4.79 Å². The average molecular weight is 282 g/mol. The fourth-order valence-corrected chi connectivity index (χ4v) is 3.81. The van der Waals surface area contributed by atoms with E-state index in [4.69, 9.17) is 10.1 Å². The van der Waals surface area contributed by atoms with Gasteiger partial charge >= 0.3 is 5.97 Å². The molecule has 5 heteroatoms. The minimum absolute atomic E-state index is 0.106. The van der Waals surface area contributed by atoms with Crippen LogP contribution in [0.1, 0.15) is 50.1 Å². The summed E-state index contributed by atoms with van der Waals surface area (Å²) in [6.07, 6.45) is 5.69. The van der Waals surface area contributed by atoms with Crippen LogP contribution < -0.4 is 4.90 Å². The smallest absolute Gasteiger partial charge is 0.308 e. The van der Waals surface area contributed by atoms with Gasteiger partial charge in [0.25, 0.3) is 0 Å². The molecule has 0 amide bonds. The Kier molecular flexibility index (Phi) is 4.80. The molecule has 1 atom stereocenters. The molecule has 0 saturated carbocycles. The number of rotatable bonds is 5. The molecular weight excluding hydrogens is 260 g/mol. The van der Waals surface area contributed by atoms with E-state index in [0.29, 0.717) is 6.04 Å². The molecule has 0 aromatic carbocycles. The van der Waals surface area contributed by atoms with Crippen molar-refractivity contribution in [3.63, 3.8) is 0 Å². The van der Waals surface area contributed by atoms with Gasteiger partial charge in [-0.1, -0.05) is 13.3 Å². The zero-order valence-corrected chi connectivity index (χ0v) is 12.5. The Morgan fingerprint density at radius 3 is 2.95 bits per heavy atom. The van der Waals surface area contributed by atoms with Crippen molar-refractivity contribution in [3.05, 3.63) is 10.6 Å². The minimum Gasteiger partial charge on any atom is -0.481 e. The molecule has 1 saturated heterocycles. The number of thiazole rings is 1. The summed E-state index contributed by atoms with van der Waals surface area (Å²) in [4.78, 5) is 18.9. The van der Waals surface area contributed by atoms with E-state index in [0.717, 1.165) is 35.1 Å². The van der Waals surface area contributed by atoms with Crippen LogP contribution in [0.2, 0.25) is 0 Å². The highest BCUT2D eigenvalue weighted by atomic mass is 32.1. The zero-order chi connectivity index (χ0) is 13.8. The topological polar surface area (TPSA) is 53.4 Å². The van der Waals surface area contributed by atoms with E-state index >= 15 is 0 Å². The van der Waals surface area contributed by atoms with Gasteiger partial charge in [0, 0.05) is 17.5 Å². The standard InChI is InChI=1S/C14H22N2O2S/c1-3-6-11-12(9-13(17)18)19-14(15-11)16-8-5-4-7-10(16)2/h10H,3-9H2,1-2H3,(H,17,18). The highest BCUT2D eigenvalue weighted by Crippen LogP contribution is 2.32. The second-order valence-corrected chi connectivity index (χ2v) is 6.29. The summed E-state index contributed by atoms with van der Waals surface area (Å²) in [5, 5.41) is 10.0. The number of piperidine rings is 1. The molecular formula is C14H22N2O2S. The molecule has 0 aliphatic carbocycles. The van der Waals surface area contributed by atoms with Crippen LogP contribution in [0.25, 0.3) is 0 Å². The largest absolute Gasteiger partial charge is 0.481 e. The summed E-state index contributed by atoms with van der Waals surface area (Å²) in [5.74, 6) is -0.765. The quantitative estimate of drug-likeness (QED) is 0.901. The summed E-state index contributed by atoms with van der Waals surface area (Å²) in [6.45, 7) is 5.39. The predicted octanol–water partition coefficient (Wildman–Crippen LogP) is 3.10. The van der Waals surface area contributed by atoms with Crippen molar-refractivity contribution in [1.29, 1.82) is 0 Å². The number of nitrogens with zero attached hydrogens (tertiary/aromatic N) is 2. The third kappa shape index (κ3) is 3.47. The normalized spacial score (nSPS) is 19.7. The van der Waals surface area contributed by atoms with Crippen molar-refractivity contribution < 1.29 is 9.90 Å². The third-order valence-corrected chi connectivity index (χ3v) is 4.75. The second kappa shape index (κ2) is 6.37. The molecule has 1 fully saturated rings. The van der Waals surface area contributed by atoms with Crippen molar-refractivity contribution >= 4 is 22.4 Å². The van der Waals surface area contributed by atoms with E-state index in [1.54, 1.807) is 11.3 Å². The zero-order valence-electron chi connectivity index (χ0n) is 11.7. The Balaban J connectivity index is 2.22. The van der Waals surface area contributed by atoms with E-state index in [1.807, 2.05) is 0 Å². The number of carbonyl (C=O) groups is 1. The summed E-state index contributed by atoms with van der Waals surface area (Å²) in [5.41, 5.74) is 0.989. The van der Waals surface area contributed by atoms with Crippen LogP contribution in [0.5, 0.6) is 0 Å². The highest BCUT2D eigenvalue weighted by molar-refractivity contribution is 7.15. The minimum atomic E-state index is -0.765. The number of hydrogen-bond acceptors (Lipinski definition) is 4. The lowest BCUT2D eigenvalue weighted by atomic mass is 10.0. The average Bonchev–Trinajstić information content (AvgIpc) is 2.72. The van der Waals surface area contributed by atoms with Crippen molar-refractivity contribution in [3.8, 4) is 0 Å². The lowest BCUT2D eigenvalue weighted by molar-refractivity contribution is -0.136. The Bertz CT molecular complexity index is 445. The van der Waals surface area contributed by atoms with Gasteiger partial charge in [-0.15, -0.1) is 11.3 Å². The number of carboxylic acids is 1. The van der Waals surface area contributed by atoms with Gasteiger partial charge < -0.3 is 10.0 Å². The Morgan fingerprint density at radius 1 is 1.53 bits per heavy atom. The van der Waals surface area contributed by atoms with Gasteiger partial charge in [0.2, 0.25) is 0 Å². The molecule has 19 heavy (non-hydrogen) atoms. The Hall–Kier alpha value is -1.10. The summed E-state index contributed by atoms with van der Waals surface area (Å²) in [7, 11) is 0. The van der Waals surface area contributed by atoms with Gasteiger partial charge in [-0.05, 0) is 32.6 Å². The third-order valence-electron chi connectivity index (χ3n) is 3.61. The molecule has 1 N–H and O–H groups in total. The maximum absolute atomic E-state index is 10.9. The predicted molar refractivity (Wildman–Crippen MR) is 78.1 cm³/mol. The first-order chi connectivity index (χ1) is 9.11. The van der Waals surface area contributed by atoms with Crippen molar-refractivity contribution in [1.82, 2.24) is 4.98 Å². The molecule has 0 radical (unpaired) electrons. The number of carboxylic acid groups (broad SMARTS) is 1. The fourth-order valence-electron chi connectivity index (χ4n) is 2.58.